The molecule has 0 aliphatic heterocycles. The molecule has 16 heavy (non-hydrogen) atoms. The Bertz CT molecular complexity index is 249. The molecule has 0 radical (unpaired) electrons. The molecule has 0 atom stereocenters. The van der Waals surface area contributed by atoms with Crippen molar-refractivity contribution in [1.29, 1.82) is 0 Å². The number of carbonyl (C=O) groups excluding carboxylic acids is 1. The maximum atomic E-state index is 12.0. The molecule has 1 saturated carbocycles. The number of amides is 1. The molecule has 1 fully saturated rings. The molecule has 2 N–H and O–H groups in total. The third kappa shape index (κ3) is 4.08. The summed E-state index contributed by atoms with van der Waals surface area (Å²) in [5.74, 6) is 0.224. The summed E-state index contributed by atoms with van der Waals surface area (Å²) in [6, 6.07) is 0.380. The Balaban J connectivity index is 2.54. The predicted octanol–water partition coefficient (Wildman–Crippen LogP) is 2.23. The summed E-state index contributed by atoms with van der Waals surface area (Å²) in [5, 5.41) is 0. The molecule has 1 rings (SSSR count). The lowest BCUT2D eigenvalue weighted by Crippen LogP contribution is -2.43. The normalized spacial score (nSPS) is 16.3. The van der Waals surface area contributed by atoms with Gasteiger partial charge in [0.1, 0.15) is 0 Å². The fourth-order valence-electron chi connectivity index (χ4n) is 2.28. The van der Waals surface area contributed by atoms with E-state index in [1.807, 2.05) is 4.90 Å². The number of hydrogen-bond acceptors (Lipinski definition) is 2. The Morgan fingerprint density at radius 1 is 1.44 bits per heavy atom. The van der Waals surface area contributed by atoms with Crippen LogP contribution in [-0.4, -0.2) is 28.4 Å². The van der Waals surface area contributed by atoms with Crippen LogP contribution in [0.4, 0.5) is 0 Å². The minimum Gasteiger partial charge on any atom is -0.392 e. The fraction of sp³-hybridized carbons (Fsp3) is 0.833. The first kappa shape index (κ1) is 13.4. The summed E-state index contributed by atoms with van der Waals surface area (Å²) >= 11 is 4.92. The van der Waals surface area contributed by atoms with E-state index in [-0.39, 0.29) is 5.91 Å². The quantitative estimate of drug-likeness (QED) is 0.727. The molecule has 1 aliphatic rings. The Morgan fingerprint density at radius 2 is 2.06 bits per heavy atom. The van der Waals surface area contributed by atoms with Crippen LogP contribution in [0.1, 0.15) is 51.9 Å². The maximum Gasteiger partial charge on any atom is 0.223 e. The van der Waals surface area contributed by atoms with Crippen LogP contribution in [-0.2, 0) is 4.79 Å². The molecule has 0 unspecified atom stereocenters. The van der Waals surface area contributed by atoms with Crippen LogP contribution >= 0.6 is 12.2 Å². The van der Waals surface area contributed by atoms with Crippen molar-refractivity contribution in [2.24, 2.45) is 5.73 Å². The summed E-state index contributed by atoms with van der Waals surface area (Å²) in [6.45, 7) is 2.56. The Kier molecular flexibility index (Phi) is 5.74. The molecule has 1 amide bonds. The summed E-state index contributed by atoms with van der Waals surface area (Å²) < 4.78 is 0. The van der Waals surface area contributed by atoms with Crippen molar-refractivity contribution in [3.8, 4) is 0 Å². The Labute approximate surface area is 103 Å². The monoisotopic (exact) mass is 242 g/mol. The average molecular weight is 242 g/mol. The van der Waals surface area contributed by atoms with Crippen LogP contribution in [0.5, 0.6) is 0 Å². The number of carbonyl (C=O) groups is 1. The van der Waals surface area contributed by atoms with E-state index in [2.05, 4.69) is 6.92 Å². The molecule has 0 bridgehead atoms. The Hall–Kier alpha value is -0.640. The lowest BCUT2D eigenvalue weighted by atomic mass is 10.1. The van der Waals surface area contributed by atoms with E-state index in [4.69, 9.17) is 18.0 Å². The van der Waals surface area contributed by atoms with Gasteiger partial charge in [-0.2, -0.15) is 0 Å². The van der Waals surface area contributed by atoms with Gasteiger partial charge in [-0.05, 0) is 19.3 Å². The molecule has 92 valence electrons. The van der Waals surface area contributed by atoms with E-state index in [9.17, 15) is 4.79 Å². The first-order valence-corrected chi connectivity index (χ1v) is 6.63. The molecule has 3 nitrogen and oxygen atoms in total. The molecule has 0 spiro atoms. The second-order valence-corrected chi connectivity index (χ2v) is 5.05. The predicted molar refractivity (Wildman–Crippen MR) is 70.3 cm³/mol. The second kappa shape index (κ2) is 6.84. The minimum atomic E-state index is 0.224. The molecule has 0 aromatic carbocycles. The highest BCUT2D eigenvalue weighted by atomic mass is 32.1. The van der Waals surface area contributed by atoms with Gasteiger partial charge >= 0.3 is 0 Å². The highest BCUT2D eigenvalue weighted by Gasteiger charge is 2.26. The van der Waals surface area contributed by atoms with Crippen LogP contribution in [0.15, 0.2) is 0 Å². The van der Waals surface area contributed by atoms with E-state index < -0.39 is 0 Å². The summed E-state index contributed by atoms with van der Waals surface area (Å²) in [7, 11) is 0. The van der Waals surface area contributed by atoms with Crippen molar-refractivity contribution in [3.63, 3.8) is 0 Å². The van der Waals surface area contributed by atoms with Gasteiger partial charge in [-0.1, -0.05) is 38.4 Å². The number of nitrogens with zero attached hydrogens (tertiary/aromatic N) is 1. The van der Waals surface area contributed by atoms with Gasteiger partial charge in [-0.15, -0.1) is 0 Å². The standard InChI is InChI=1S/C12H22N2OS/c1-2-3-8-12(15)14(9-11(13)16)10-6-4-5-7-10/h10H,2-9H2,1H3,(H2,13,16). The van der Waals surface area contributed by atoms with Crippen molar-refractivity contribution in [3.05, 3.63) is 0 Å². The minimum absolute atomic E-state index is 0.224. The third-order valence-electron chi connectivity index (χ3n) is 3.16. The smallest absolute Gasteiger partial charge is 0.223 e. The molecule has 1 aliphatic carbocycles. The van der Waals surface area contributed by atoms with Gasteiger partial charge in [0, 0.05) is 12.5 Å². The van der Waals surface area contributed by atoms with Crippen LogP contribution in [0.2, 0.25) is 0 Å². The average Bonchev–Trinajstić information content (AvgIpc) is 2.75. The molecular weight excluding hydrogens is 220 g/mol. The SMILES string of the molecule is CCCCC(=O)N(CC(N)=S)C1CCCC1. The van der Waals surface area contributed by atoms with Gasteiger partial charge in [0.05, 0.1) is 11.5 Å². The molecule has 0 heterocycles. The lowest BCUT2D eigenvalue weighted by Gasteiger charge is -2.28. The zero-order valence-corrected chi connectivity index (χ0v) is 10.9. The number of hydrogen-bond donors (Lipinski definition) is 1. The van der Waals surface area contributed by atoms with Crippen molar-refractivity contribution in [1.82, 2.24) is 4.90 Å². The zero-order chi connectivity index (χ0) is 12.0. The summed E-state index contributed by atoms with van der Waals surface area (Å²) in [4.78, 5) is 14.4. The van der Waals surface area contributed by atoms with Crippen LogP contribution < -0.4 is 5.73 Å². The van der Waals surface area contributed by atoms with Gasteiger partial charge in [0.15, 0.2) is 0 Å². The van der Waals surface area contributed by atoms with E-state index >= 15 is 0 Å². The molecular formula is C12H22N2OS. The van der Waals surface area contributed by atoms with Crippen LogP contribution in [0.25, 0.3) is 0 Å². The van der Waals surface area contributed by atoms with Crippen molar-refractivity contribution in [2.75, 3.05) is 6.54 Å². The van der Waals surface area contributed by atoms with Crippen molar-refractivity contribution in [2.45, 2.75) is 57.9 Å². The molecule has 0 aromatic rings. The maximum absolute atomic E-state index is 12.0. The van der Waals surface area contributed by atoms with Crippen LogP contribution in [0.3, 0.4) is 0 Å². The highest BCUT2D eigenvalue weighted by molar-refractivity contribution is 7.80. The van der Waals surface area contributed by atoms with Gasteiger partial charge in [0.2, 0.25) is 5.91 Å². The van der Waals surface area contributed by atoms with E-state index in [0.29, 0.717) is 24.0 Å². The highest BCUT2D eigenvalue weighted by Crippen LogP contribution is 2.24. The number of rotatable bonds is 6. The first-order chi connectivity index (χ1) is 7.65. The Morgan fingerprint density at radius 3 is 2.56 bits per heavy atom. The van der Waals surface area contributed by atoms with E-state index in [0.717, 1.165) is 25.7 Å². The number of nitrogens with two attached hydrogens (primary N) is 1. The zero-order valence-electron chi connectivity index (χ0n) is 10.1. The fourth-order valence-corrected chi connectivity index (χ4v) is 2.42. The van der Waals surface area contributed by atoms with Crippen molar-refractivity contribution >= 4 is 23.1 Å². The van der Waals surface area contributed by atoms with Gasteiger partial charge in [-0.3, -0.25) is 4.79 Å². The number of thiocarbonyl (C=S) groups is 1. The largest absolute Gasteiger partial charge is 0.392 e. The topological polar surface area (TPSA) is 46.3 Å². The first-order valence-electron chi connectivity index (χ1n) is 6.23. The lowest BCUT2D eigenvalue weighted by molar-refractivity contribution is -0.132. The van der Waals surface area contributed by atoms with E-state index in [1.54, 1.807) is 0 Å². The van der Waals surface area contributed by atoms with Gasteiger partial charge in [-0.25, -0.2) is 0 Å². The summed E-state index contributed by atoms with van der Waals surface area (Å²) in [6.07, 6.45) is 7.31. The second-order valence-electron chi connectivity index (χ2n) is 4.53. The molecule has 4 heteroatoms. The van der Waals surface area contributed by atoms with E-state index in [1.165, 1.54) is 12.8 Å². The third-order valence-corrected chi connectivity index (χ3v) is 3.29. The van der Waals surface area contributed by atoms with Crippen LogP contribution in [0, 0.1) is 0 Å². The summed E-state index contributed by atoms with van der Waals surface area (Å²) in [5.41, 5.74) is 5.56. The molecule has 0 aromatic heterocycles. The number of unbranched alkanes of at least 4 members (excludes halogenated alkanes) is 1. The van der Waals surface area contributed by atoms with Gasteiger partial charge in [0.25, 0.3) is 0 Å². The van der Waals surface area contributed by atoms with Crippen molar-refractivity contribution < 1.29 is 4.79 Å². The van der Waals surface area contributed by atoms with Gasteiger partial charge < -0.3 is 10.6 Å². The molecule has 0 saturated heterocycles.